The van der Waals surface area contributed by atoms with E-state index in [9.17, 15) is 14.7 Å². The van der Waals surface area contributed by atoms with Gasteiger partial charge in [0, 0.05) is 23.7 Å². The van der Waals surface area contributed by atoms with Crippen LogP contribution in [0.25, 0.3) is 10.9 Å². The van der Waals surface area contributed by atoms with E-state index in [2.05, 4.69) is 4.98 Å². The molecule has 5 heteroatoms. The summed E-state index contributed by atoms with van der Waals surface area (Å²) in [4.78, 5) is 30.2. The van der Waals surface area contributed by atoms with Gasteiger partial charge in [-0.15, -0.1) is 0 Å². The first-order valence-corrected chi connectivity index (χ1v) is 7.39. The van der Waals surface area contributed by atoms with Crippen molar-refractivity contribution in [3.8, 4) is 0 Å². The largest absolute Gasteiger partial charge is 0.481 e. The predicted molar refractivity (Wildman–Crippen MR) is 82.7 cm³/mol. The van der Waals surface area contributed by atoms with Crippen LogP contribution in [0.5, 0.6) is 0 Å². The first-order valence-electron chi connectivity index (χ1n) is 7.39. The van der Waals surface area contributed by atoms with E-state index in [0.717, 1.165) is 16.6 Å². The third-order valence-corrected chi connectivity index (χ3v) is 4.41. The highest BCUT2D eigenvalue weighted by Gasteiger charge is 2.38. The molecule has 0 radical (unpaired) electrons. The van der Waals surface area contributed by atoms with E-state index >= 15 is 0 Å². The maximum atomic E-state index is 12.9. The molecular weight excluding hydrogens is 280 g/mol. The lowest BCUT2D eigenvalue weighted by Crippen LogP contribution is -2.37. The SMILES string of the molecule is Cc1cc(C(=O)N2CCC(C(=O)O)C2C)c2ccccc2n1. The maximum absolute atomic E-state index is 12.9. The quantitative estimate of drug-likeness (QED) is 0.924. The molecule has 0 bridgehead atoms. The first-order chi connectivity index (χ1) is 10.5. The van der Waals surface area contributed by atoms with Gasteiger partial charge in [-0.25, -0.2) is 0 Å². The number of para-hydroxylation sites is 1. The number of aromatic nitrogens is 1. The molecule has 2 heterocycles. The van der Waals surface area contributed by atoms with Gasteiger partial charge in [0.25, 0.3) is 5.91 Å². The number of benzene rings is 1. The number of carbonyl (C=O) groups is 2. The minimum atomic E-state index is -0.835. The van der Waals surface area contributed by atoms with Crippen LogP contribution in [0.1, 0.15) is 29.4 Å². The van der Waals surface area contributed by atoms with Crippen LogP contribution in [-0.2, 0) is 4.79 Å². The van der Waals surface area contributed by atoms with E-state index in [1.54, 1.807) is 17.9 Å². The van der Waals surface area contributed by atoms with Crippen molar-refractivity contribution in [1.82, 2.24) is 9.88 Å². The number of rotatable bonds is 2. The maximum Gasteiger partial charge on any atom is 0.308 e. The number of nitrogens with zero attached hydrogens (tertiary/aromatic N) is 2. The molecule has 3 rings (SSSR count). The van der Waals surface area contributed by atoms with Gasteiger partial charge in [0.2, 0.25) is 0 Å². The summed E-state index contributed by atoms with van der Waals surface area (Å²) in [6.07, 6.45) is 0.504. The lowest BCUT2D eigenvalue weighted by molar-refractivity contribution is -0.142. The summed E-state index contributed by atoms with van der Waals surface area (Å²) in [7, 11) is 0. The Hall–Kier alpha value is -2.43. The van der Waals surface area contributed by atoms with E-state index in [-0.39, 0.29) is 11.9 Å². The minimum absolute atomic E-state index is 0.113. The van der Waals surface area contributed by atoms with Gasteiger partial charge in [0.1, 0.15) is 0 Å². The number of fused-ring (bicyclic) bond motifs is 1. The second-order valence-electron chi connectivity index (χ2n) is 5.80. The Labute approximate surface area is 128 Å². The zero-order valence-electron chi connectivity index (χ0n) is 12.6. The average Bonchev–Trinajstić information content (AvgIpc) is 2.87. The van der Waals surface area contributed by atoms with Gasteiger partial charge in [-0.2, -0.15) is 0 Å². The van der Waals surface area contributed by atoms with Crippen molar-refractivity contribution in [2.24, 2.45) is 5.92 Å². The molecule has 2 unspecified atom stereocenters. The van der Waals surface area contributed by atoms with Crippen LogP contribution in [0.2, 0.25) is 0 Å². The van der Waals surface area contributed by atoms with Crippen molar-refractivity contribution in [3.05, 3.63) is 41.6 Å². The molecule has 0 aliphatic carbocycles. The van der Waals surface area contributed by atoms with Gasteiger partial charge in [0.05, 0.1) is 17.0 Å². The summed E-state index contributed by atoms with van der Waals surface area (Å²) < 4.78 is 0. The topological polar surface area (TPSA) is 70.5 Å². The van der Waals surface area contributed by atoms with Crippen LogP contribution in [0.3, 0.4) is 0 Å². The normalized spacial score (nSPS) is 21.3. The van der Waals surface area contributed by atoms with Crippen LogP contribution in [0.4, 0.5) is 0 Å². The number of pyridine rings is 1. The molecule has 1 fully saturated rings. The van der Waals surface area contributed by atoms with Gasteiger partial charge in [0.15, 0.2) is 0 Å². The van der Waals surface area contributed by atoms with Crippen molar-refractivity contribution in [2.45, 2.75) is 26.3 Å². The standard InChI is InChI=1S/C17H18N2O3/c1-10-9-14(13-5-3-4-6-15(13)18-10)16(20)19-8-7-12(11(19)2)17(21)22/h3-6,9,11-12H,7-8H2,1-2H3,(H,21,22). The number of carbonyl (C=O) groups excluding carboxylic acids is 1. The first kappa shape index (κ1) is 14.5. The van der Waals surface area contributed by atoms with Crippen LogP contribution in [-0.4, -0.2) is 39.5 Å². The number of carboxylic acids is 1. The molecule has 114 valence electrons. The molecule has 0 spiro atoms. The minimum Gasteiger partial charge on any atom is -0.481 e. The highest BCUT2D eigenvalue weighted by atomic mass is 16.4. The fraction of sp³-hybridized carbons (Fsp3) is 0.353. The monoisotopic (exact) mass is 298 g/mol. The highest BCUT2D eigenvalue weighted by Crippen LogP contribution is 2.28. The van der Waals surface area contributed by atoms with Gasteiger partial charge in [-0.1, -0.05) is 18.2 Å². The highest BCUT2D eigenvalue weighted by molar-refractivity contribution is 6.06. The Kier molecular flexibility index (Phi) is 3.56. The Balaban J connectivity index is 2.01. The molecule has 1 aliphatic heterocycles. The molecule has 1 N–H and O–H groups in total. The van der Waals surface area contributed by atoms with Gasteiger partial charge < -0.3 is 10.0 Å². The summed E-state index contributed by atoms with van der Waals surface area (Å²) in [5.41, 5.74) is 2.16. The van der Waals surface area contributed by atoms with Gasteiger partial charge in [-0.05, 0) is 32.4 Å². The number of carboxylic acid groups (broad SMARTS) is 1. The van der Waals surface area contributed by atoms with E-state index in [1.165, 1.54) is 0 Å². The predicted octanol–water partition coefficient (Wildman–Crippen LogP) is 2.48. The van der Waals surface area contributed by atoms with Crippen molar-refractivity contribution >= 4 is 22.8 Å². The van der Waals surface area contributed by atoms with Crippen LogP contribution >= 0.6 is 0 Å². The lowest BCUT2D eigenvalue weighted by Gasteiger charge is -2.24. The fourth-order valence-electron chi connectivity index (χ4n) is 3.20. The van der Waals surface area contributed by atoms with Crippen LogP contribution in [0, 0.1) is 12.8 Å². The number of aliphatic carboxylic acids is 1. The molecule has 2 aromatic rings. The second kappa shape index (κ2) is 5.40. The van der Waals surface area contributed by atoms with E-state index in [4.69, 9.17) is 0 Å². The zero-order valence-corrected chi connectivity index (χ0v) is 12.6. The molecule has 5 nitrogen and oxygen atoms in total. The number of amides is 1. The molecule has 1 amide bonds. The summed E-state index contributed by atoms with van der Waals surface area (Å²) in [6.45, 7) is 4.14. The van der Waals surface area contributed by atoms with E-state index in [1.807, 2.05) is 31.2 Å². The molecule has 1 aromatic carbocycles. The lowest BCUT2D eigenvalue weighted by atomic mass is 10.0. The van der Waals surface area contributed by atoms with Crippen molar-refractivity contribution in [3.63, 3.8) is 0 Å². The van der Waals surface area contributed by atoms with Crippen molar-refractivity contribution in [1.29, 1.82) is 0 Å². The molecule has 22 heavy (non-hydrogen) atoms. The second-order valence-corrected chi connectivity index (χ2v) is 5.80. The summed E-state index contributed by atoms with van der Waals surface area (Å²) >= 11 is 0. The van der Waals surface area contributed by atoms with Crippen LogP contribution in [0.15, 0.2) is 30.3 Å². The molecule has 1 saturated heterocycles. The zero-order chi connectivity index (χ0) is 15.9. The van der Waals surface area contributed by atoms with E-state index in [0.29, 0.717) is 18.5 Å². The molecule has 0 saturated carbocycles. The Morgan fingerprint density at radius 2 is 2.05 bits per heavy atom. The van der Waals surface area contributed by atoms with E-state index < -0.39 is 11.9 Å². The molecular formula is C17H18N2O3. The Bertz CT molecular complexity index is 757. The van der Waals surface area contributed by atoms with Crippen molar-refractivity contribution in [2.75, 3.05) is 6.54 Å². The molecule has 1 aromatic heterocycles. The number of hydrogen-bond donors (Lipinski definition) is 1. The van der Waals surface area contributed by atoms with Crippen molar-refractivity contribution < 1.29 is 14.7 Å². The Morgan fingerprint density at radius 3 is 2.73 bits per heavy atom. The smallest absolute Gasteiger partial charge is 0.308 e. The third-order valence-electron chi connectivity index (χ3n) is 4.41. The summed E-state index contributed by atoms with van der Waals surface area (Å²) in [6, 6.07) is 9.02. The molecule has 1 aliphatic rings. The Morgan fingerprint density at radius 1 is 1.32 bits per heavy atom. The van der Waals surface area contributed by atoms with Gasteiger partial charge >= 0.3 is 5.97 Å². The van der Waals surface area contributed by atoms with Gasteiger partial charge in [-0.3, -0.25) is 14.6 Å². The number of likely N-dealkylation sites (tertiary alicyclic amines) is 1. The number of hydrogen-bond acceptors (Lipinski definition) is 3. The summed E-state index contributed by atoms with van der Waals surface area (Å²) in [5, 5.41) is 10.0. The molecule has 2 atom stereocenters. The third kappa shape index (κ3) is 2.32. The average molecular weight is 298 g/mol. The summed E-state index contributed by atoms with van der Waals surface area (Å²) in [5.74, 6) is -1.44. The fourth-order valence-corrected chi connectivity index (χ4v) is 3.20. The number of aryl methyl sites for hydroxylation is 1. The van der Waals surface area contributed by atoms with Crippen LogP contribution < -0.4 is 0 Å².